The minimum Gasteiger partial charge on any atom is -0.392 e. The van der Waals surface area contributed by atoms with Crippen molar-refractivity contribution >= 4 is 0 Å². The van der Waals surface area contributed by atoms with E-state index in [1.54, 1.807) is 0 Å². The lowest BCUT2D eigenvalue weighted by molar-refractivity contribution is 0.118. The standard InChI is InChI=1S/C19H20O/c20-19(16-11-10-14-8-4-5-9-15(14)16)18-12-17(18)13-6-2-1-3-7-13/h1-9,16-20H,10-12H2. The van der Waals surface area contributed by atoms with Crippen molar-refractivity contribution < 1.29 is 5.11 Å². The Balaban J connectivity index is 1.52. The highest BCUT2D eigenvalue weighted by molar-refractivity contribution is 5.37. The van der Waals surface area contributed by atoms with Crippen molar-refractivity contribution in [1.82, 2.24) is 0 Å². The molecule has 20 heavy (non-hydrogen) atoms. The molecule has 2 aromatic rings. The number of rotatable bonds is 3. The average molecular weight is 264 g/mol. The number of benzene rings is 2. The summed E-state index contributed by atoms with van der Waals surface area (Å²) >= 11 is 0. The predicted molar refractivity (Wildman–Crippen MR) is 80.8 cm³/mol. The molecule has 0 spiro atoms. The van der Waals surface area contributed by atoms with Gasteiger partial charge >= 0.3 is 0 Å². The third kappa shape index (κ3) is 1.97. The van der Waals surface area contributed by atoms with E-state index in [0.29, 0.717) is 17.8 Å². The summed E-state index contributed by atoms with van der Waals surface area (Å²) in [6, 6.07) is 19.3. The number of aliphatic hydroxyl groups excluding tert-OH is 1. The molecule has 2 aliphatic rings. The molecule has 0 amide bonds. The second-order valence-electron chi connectivity index (χ2n) is 6.25. The summed E-state index contributed by atoms with van der Waals surface area (Å²) in [6.07, 6.45) is 3.20. The highest BCUT2D eigenvalue weighted by Crippen LogP contribution is 2.53. The first-order valence-corrected chi connectivity index (χ1v) is 7.65. The van der Waals surface area contributed by atoms with Gasteiger partial charge in [-0.05, 0) is 47.8 Å². The van der Waals surface area contributed by atoms with Gasteiger partial charge in [0.15, 0.2) is 0 Å². The normalized spacial score (nSPS) is 28.9. The minimum absolute atomic E-state index is 0.177. The zero-order valence-corrected chi connectivity index (χ0v) is 11.6. The summed E-state index contributed by atoms with van der Waals surface area (Å²) in [5, 5.41) is 10.8. The van der Waals surface area contributed by atoms with Crippen LogP contribution in [-0.4, -0.2) is 11.2 Å². The van der Waals surface area contributed by atoms with E-state index in [1.165, 1.54) is 16.7 Å². The topological polar surface area (TPSA) is 20.2 Å². The number of aryl methyl sites for hydroxylation is 1. The van der Waals surface area contributed by atoms with Gasteiger partial charge in [0.25, 0.3) is 0 Å². The van der Waals surface area contributed by atoms with Crippen LogP contribution in [0.4, 0.5) is 0 Å². The second-order valence-corrected chi connectivity index (χ2v) is 6.25. The van der Waals surface area contributed by atoms with Crippen LogP contribution < -0.4 is 0 Å². The van der Waals surface area contributed by atoms with Crippen molar-refractivity contribution in [2.75, 3.05) is 0 Å². The van der Waals surface area contributed by atoms with Crippen molar-refractivity contribution in [2.45, 2.75) is 37.2 Å². The molecule has 0 bridgehead atoms. The Labute approximate surface area is 120 Å². The largest absolute Gasteiger partial charge is 0.392 e. The SMILES string of the molecule is OC(C1CCc2ccccc21)C1CC1c1ccccc1. The summed E-state index contributed by atoms with van der Waals surface area (Å²) in [5.41, 5.74) is 4.22. The molecule has 1 fully saturated rings. The molecule has 4 unspecified atom stereocenters. The van der Waals surface area contributed by atoms with E-state index >= 15 is 0 Å². The fourth-order valence-electron chi connectivity index (χ4n) is 3.92. The molecule has 1 N–H and O–H groups in total. The molecule has 4 rings (SSSR count). The fourth-order valence-corrected chi connectivity index (χ4v) is 3.92. The summed E-state index contributed by atoms with van der Waals surface area (Å²) < 4.78 is 0. The quantitative estimate of drug-likeness (QED) is 0.892. The average Bonchev–Trinajstić information content (AvgIpc) is 3.20. The lowest BCUT2D eigenvalue weighted by Gasteiger charge is -2.19. The first kappa shape index (κ1) is 12.2. The van der Waals surface area contributed by atoms with Crippen LogP contribution in [0.2, 0.25) is 0 Å². The van der Waals surface area contributed by atoms with Crippen LogP contribution >= 0.6 is 0 Å². The van der Waals surface area contributed by atoms with Gasteiger partial charge in [0.1, 0.15) is 0 Å². The second kappa shape index (κ2) is 4.75. The van der Waals surface area contributed by atoms with Gasteiger partial charge in [-0.2, -0.15) is 0 Å². The predicted octanol–water partition coefficient (Wildman–Crippen LogP) is 3.88. The smallest absolute Gasteiger partial charge is 0.0643 e. The van der Waals surface area contributed by atoms with E-state index < -0.39 is 0 Å². The number of fused-ring (bicyclic) bond motifs is 1. The van der Waals surface area contributed by atoms with Gasteiger partial charge in [0, 0.05) is 5.92 Å². The van der Waals surface area contributed by atoms with Crippen molar-refractivity contribution in [3.8, 4) is 0 Å². The summed E-state index contributed by atoms with van der Waals surface area (Å²) in [4.78, 5) is 0. The van der Waals surface area contributed by atoms with Crippen molar-refractivity contribution in [1.29, 1.82) is 0 Å². The van der Waals surface area contributed by atoms with Crippen molar-refractivity contribution in [3.63, 3.8) is 0 Å². The van der Waals surface area contributed by atoms with Crippen LogP contribution in [0.3, 0.4) is 0 Å². The Kier molecular flexibility index (Phi) is 2.89. The number of aliphatic hydroxyl groups is 1. The molecule has 102 valence electrons. The Hall–Kier alpha value is -1.60. The van der Waals surface area contributed by atoms with Crippen LogP contribution in [0.1, 0.15) is 41.4 Å². The first-order valence-electron chi connectivity index (χ1n) is 7.65. The van der Waals surface area contributed by atoms with Crippen LogP contribution in [0.15, 0.2) is 54.6 Å². The van der Waals surface area contributed by atoms with Crippen LogP contribution in [-0.2, 0) is 6.42 Å². The van der Waals surface area contributed by atoms with Gasteiger partial charge in [-0.25, -0.2) is 0 Å². The maximum atomic E-state index is 10.8. The van der Waals surface area contributed by atoms with Crippen LogP contribution in [0.5, 0.6) is 0 Å². The molecule has 4 atom stereocenters. The van der Waals surface area contributed by atoms with Gasteiger partial charge in [-0.1, -0.05) is 54.6 Å². The van der Waals surface area contributed by atoms with Gasteiger partial charge in [-0.15, -0.1) is 0 Å². The minimum atomic E-state index is -0.177. The summed E-state index contributed by atoms with van der Waals surface area (Å²) in [6.45, 7) is 0. The molecule has 0 saturated heterocycles. The van der Waals surface area contributed by atoms with Gasteiger partial charge in [-0.3, -0.25) is 0 Å². The summed E-state index contributed by atoms with van der Waals surface area (Å²) in [7, 11) is 0. The van der Waals surface area contributed by atoms with E-state index in [4.69, 9.17) is 0 Å². The third-order valence-electron chi connectivity index (χ3n) is 5.10. The molecule has 0 heterocycles. The maximum absolute atomic E-state index is 10.8. The number of hydrogen-bond acceptors (Lipinski definition) is 1. The highest BCUT2D eigenvalue weighted by atomic mass is 16.3. The van der Waals surface area contributed by atoms with E-state index in [1.807, 2.05) is 0 Å². The molecule has 0 radical (unpaired) electrons. The first-order chi connectivity index (χ1) is 9.84. The van der Waals surface area contributed by atoms with Gasteiger partial charge in [0.05, 0.1) is 6.10 Å². The maximum Gasteiger partial charge on any atom is 0.0643 e. The highest BCUT2D eigenvalue weighted by Gasteiger charge is 2.47. The van der Waals surface area contributed by atoms with E-state index in [2.05, 4.69) is 54.6 Å². The molecule has 1 heteroatoms. The van der Waals surface area contributed by atoms with E-state index in [0.717, 1.165) is 19.3 Å². The Morgan fingerprint density at radius 1 is 0.950 bits per heavy atom. The summed E-state index contributed by atoms with van der Waals surface area (Å²) in [5.74, 6) is 1.37. The number of hydrogen-bond donors (Lipinski definition) is 1. The zero-order chi connectivity index (χ0) is 13.5. The molecule has 0 aromatic heterocycles. The molecular weight excluding hydrogens is 244 g/mol. The Morgan fingerprint density at radius 3 is 2.55 bits per heavy atom. The molecular formula is C19H20O. The molecule has 1 nitrogen and oxygen atoms in total. The lowest BCUT2D eigenvalue weighted by Crippen LogP contribution is -2.19. The van der Waals surface area contributed by atoms with Crippen LogP contribution in [0, 0.1) is 5.92 Å². The van der Waals surface area contributed by atoms with E-state index in [-0.39, 0.29) is 6.10 Å². The molecule has 0 aliphatic heterocycles. The molecule has 1 saturated carbocycles. The van der Waals surface area contributed by atoms with Crippen molar-refractivity contribution in [3.05, 3.63) is 71.3 Å². The van der Waals surface area contributed by atoms with Crippen molar-refractivity contribution in [2.24, 2.45) is 5.92 Å². The lowest BCUT2D eigenvalue weighted by atomic mass is 9.91. The Morgan fingerprint density at radius 2 is 1.70 bits per heavy atom. The zero-order valence-electron chi connectivity index (χ0n) is 11.6. The third-order valence-corrected chi connectivity index (χ3v) is 5.10. The van der Waals surface area contributed by atoms with Gasteiger partial charge in [0.2, 0.25) is 0 Å². The Bertz CT molecular complexity index is 604. The fraction of sp³-hybridized carbons (Fsp3) is 0.368. The molecule has 2 aromatic carbocycles. The van der Waals surface area contributed by atoms with E-state index in [9.17, 15) is 5.11 Å². The van der Waals surface area contributed by atoms with Gasteiger partial charge < -0.3 is 5.11 Å². The monoisotopic (exact) mass is 264 g/mol. The van der Waals surface area contributed by atoms with Crippen LogP contribution in [0.25, 0.3) is 0 Å². The molecule has 2 aliphatic carbocycles.